The van der Waals surface area contributed by atoms with Crippen LogP contribution in [0.5, 0.6) is 5.88 Å². The highest BCUT2D eigenvalue weighted by atomic mass is 19.1. The van der Waals surface area contributed by atoms with E-state index in [0.29, 0.717) is 25.5 Å². The second-order valence-electron chi connectivity index (χ2n) is 5.77. The van der Waals surface area contributed by atoms with Gasteiger partial charge >= 0.3 is 6.03 Å². The smallest absolute Gasteiger partial charge is 0.317 e. The van der Waals surface area contributed by atoms with Crippen LogP contribution >= 0.6 is 0 Å². The summed E-state index contributed by atoms with van der Waals surface area (Å²) in [5.41, 5.74) is 1.68. The van der Waals surface area contributed by atoms with Crippen molar-refractivity contribution >= 4 is 6.03 Å². The molecule has 2 amide bonds. The zero-order valence-electron chi connectivity index (χ0n) is 13.4. The van der Waals surface area contributed by atoms with Crippen molar-refractivity contribution in [1.29, 1.82) is 0 Å². The van der Waals surface area contributed by atoms with Gasteiger partial charge in [-0.05, 0) is 30.7 Å². The summed E-state index contributed by atoms with van der Waals surface area (Å²) in [6, 6.07) is 9.53. The van der Waals surface area contributed by atoms with Crippen LogP contribution in [0.3, 0.4) is 0 Å². The number of halogens is 1. The molecule has 1 saturated heterocycles. The molecular formula is C17H19FN4O2. The van der Waals surface area contributed by atoms with Gasteiger partial charge in [0.15, 0.2) is 0 Å². The third-order valence-electron chi connectivity index (χ3n) is 3.85. The molecule has 1 aromatic heterocycles. The summed E-state index contributed by atoms with van der Waals surface area (Å²) < 4.78 is 18.6. The molecule has 126 valence electrons. The monoisotopic (exact) mass is 330 g/mol. The van der Waals surface area contributed by atoms with E-state index in [-0.39, 0.29) is 18.0 Å². The van der Waals surface area contributed by atoms with Gasteiger partial charge in [-0.2, -0.15) is 5.10 Å². The Morgan fingerprint density at radius 1 is 1.29 bits per heavy atom. The fourth-order valence-corrected chi connectivity index (χ4v) is 2.52. The molecule has 7 heteroatoms. The SMILES string of the molecule is Cc1ccc(O[C@@H]2CCN(C(=O)NCc3ccc(F)cc3)C2)nn1. The van der Waals surface area contributed by atoms with Crippen LogP contribution in [0.2, 0.25) is 0 Å². The fourth-order valence-electron chi connectivity index (χ4n) is 2.52. The lowest BCUT2D eigenvalue weighted by Gasteiger charge is -2.17. The van der Waals surface area contributed by atoms with Crippen LogP contribution in [0.4, 0.5) is 9.18 Å². The molecule has 1 fully saturated rings. The maximum Gasteiger partial charge on any atom is 0.317 e. The Labute approximate surface area is 139 Å². The molecule has 0 bridgehead atoms. The van der Waals surface area contributed by atoms with Crippen LogP contribution in [-0.2, 0) is 6.54 Å². The minimum Gasteiger partial charge on any atom is -0.471 e. The highest BCUT2D eigenvalue weighted by molar-refractivity contribution is 5.74. The van der Waals surface area contributed by atoms with E-state index in [0.717, 1.165) is 17.7 Å². The molecule has 1 N–H and O–H groups in total. The number of likely N-dealkylation sites (tertiary alicyclic amines) is 1. The first kappa shape index (κ1) is 16.2. The average molecular weight is 330 g/mol. The van der Waals surface area contributed by atoms with Gasteiger partial charge in [-0.1, -0.05) is 12.1 Å². The second-order valence-corrected chi connectivity index (χ2v) is 5.77. The lowest BCUT2D eigenvalue weighted by atomic mass is 10.2. The Kier molecular flexibility index (Phi) is 4.88. The second kappa shape index (κ2) is 7.25. The summed E-state index contributed by atoms with van der Waals surface area (Å²) in [5.74, 6) is 0.183. The van der Waals surface area contributed by atoms with E-state index >= 15 is 0 Å². The molecule has 0 unspecified atom stereocenters. The summed E-state index contributed by atoms with van der Waals surface area (Å²) in [6.07, 6.45) is 0.665. The molecule has 1 aliphatic rings. The highest BCUT2D eigenvalue weighted by Gasteiger charge is 2.27. The number of benzene rings is 1. The quantitative estimate of drug-likeness (QED) is 0.934. The van der Waals surface area contributed by atoms with E-state index in [1.807, 2.05) is 13.0 Å². The average Bonchev–Trinajstić information content (AvgIpc) is 3.05. The Bertz CT molecular complexity index is 691. The number of amides is 2. The van der Waals surface area contributed by atoms with Crippen molar-refractivity contribution in [2.75, 3.05) is 13.1 Å². The Balaban J connectivity index is 1.46. The lowest BCUT2D eigenvalue weighted by molar-refractivity contribution is 0.182. The fraction of sp³-hybridized carbons (Fsp3) is 0.353. The predicted molar refractivity (Wildman–Crippen MR) is 86.0 cm³/mol. The van der Waals surface area contributed by atoms with Crippen LogP contribution in [0.25, 0.3) is 0 Å². The molecule has 0 saturated carbocycles. The third kappa shape index (κ3) is 4.18. The number of hydrogen-bond acceptors (Lipinski definition) is 4. The Morgan fingerprint density at radius 3 is 2.79 bits per heavy atom. The van der Waals surface area contributed by atoms with Crippen molar-refractivity contribution in [3.05, 3.63) is 53.5 Å². The molecule has 0 radical (unpaired) electrons. The molecule has 1 aliphatic heterocycles. The molecule has 2 heterocycles. The van der Waals surface area contributed by atoms with Gasteiger partial charge in [0.2, 0.25) is 5.88 Å². The predicted octanol–water partition coefficient (Wildman–Crippen LogP) is 2.29. The maximum atomic E-state index is 12.9. The largest absolute Gasteiger partial charge is 0.471 e. The highest BCUT2D eigenvalue weighted by Crippen LogP contribution is 2.16. The van der Waals surface area contributed by atoms with Gasteiger partial charge in [0.25, 0.3) is 0 Å². The number of nitrogens with zero attached hydrogens (tertiary/aromatic N) is 3. The van der Waals surface area contributed by atoms with Crippen LogP contribution in [0, 0.1) is 12.7 Å². The van der Waals surface area contributed by atoms with E-state index in [1.165, 1.54) is 12.1 Å². The normalized spacial score (nSPS) is 16.9. The summed E-state index contributed by atoms with van der Waals surface area (Å²) in [6.45, 7) is 3.36. The Morgan fingerprint density at radius 2 is 2.08 bits per heavy atom. The topological polar surface area (TPSA) is 67.3 Å². The molecule has 2 aromatic rings. The number of hydrogen-bond donors (Lipinski definition) is 1. The number of rotatable bonds is 4. The summed E-state index contributed by atoms with van der Waals surface area (Å²) >= 11 is 0. The maximum absolute atomic E-state index is 12.9. The minimum absolute atomic E-state index is 0.0847. The van der Waals surface area contributed by atoms with Crippen molar-refractivity contribution in [2.24, 2.45) is 0 Å². The van der Waals surface area contributed by atoms with Crippen molar-refractivity contribution in [2.45, 2.75) is 26.0 Å². The molecule has 6 nitrogen and oxygen atoms in total. The zero-order valence-corrected chi connectivity index (χ0v) is 13.4. The van der Waals surface area contributed by atoms with Gasteiger partial charge in [0.05, 0.1) is 12.2 Å². The number of aromatic nitrogens is 2. The van der Waals surface area contributed by atoms with Crippen LogP contribution in [-0.4, -0.2) is 40.3 Å². The number of nitrogens with one attached hydrogen (secondary N) is 1. The van der Waals surface area contributed by atoms with Crippen molar-refractivity contribution in [1.82, 2.24) is 20.4 Å². The van der Waals surface area contributed by atoms with Crippen LogP contribution in [0.1, 0.15) is 17.7 Å². The first-order chi connectivity index (χ1) is 11.6. The summed E-state index contributed by atoms with van der Waals surface area (Å²) in [7, 11) is 0. The third-order valence-corrected chi connectivity index (χ3v) is 3.85. The summed E-state index contributed by atoms with van der Waals surface area (Å²) in [5, 5.41) is 10.8. The first-order valence-electron chi connectivity index (χ1n) is 7.84. The van der Waals surface area contributed by atoms with Crippen LogP contribution in [0.15, 0.2) is 36.4 Å². The summed E-state index contributed by atoms with van der Waals surface area (Å²) in [4.78, 5) is 13.9. The minimum atomic E-state index is -0.288. The Hall–Kier alpha value is -2.70. The first-order valence-corrected chi connectivity index (χ1v) is 7.84. The molecule has 24 heavy (non-hydrogen) atoms. The van der Waals surface area contributed by atoms with Gasteiger partial charge < -0.3 is 15.0 Å². The zero-order chi connectivity index (χ0) is 16.9. The van der Waals surface area contributed by atoms with E-state index in [9.17, 15) is 9.18 Å². The standard InChI is InChI=1S/C17H19FN4O2/c1-12-2-7-16(21-20-12)24-15-8-9-22(11-15)17(23)19-10-13-3-5-14(18)6-4-13/h2-7,15H,8-11H2,1H3,(H,19,23)/t15-/m1/s1. The van der Waals surface area contributed by atoms with Crippen molar-refractivity contribution < 1.29 is 13.9 Å². The lowest BCUT2D eigenvalue weighted by Crippen LogP contribution is -2.39. The molecule has 0 spiro atoms. The number of urea groups is 1. The van der Waals surface area contributed by atoms with E-state index in [4.69, 9.17) is 4.74 Å². The van der Waals surface area contributed by atoms with Gasteiger partial charge in [-0.25, -0.2) is 9.18 Å². The molecular weight excluding hydrogens is 311 g/mol. The van der Waals surface area contributed by atoms with E-state index in [1.54, 1.807) is 23.1 Å². The number of aryl methyl sites for hydroxylation is 1. The van der Waals surface area contributed by atoms with Gasteiger partial charge in [0, 0.05) is 25.6 Å². The number of carbonyl (C=O) groups is 1. The van der Waals surface area contributed by atoms with Gasteiger partial charge in [0.1, 0.15) is 11.9 Å². The molecule has 1 aromatic carbocycles. The van der Waals surface area contributed by atoms with Gasteiger partial charge in [-0.3, -0.25) is 0 Å². The number of ether oxygens (including phenoxy) is 1. The molecule has 3 rings (SSSR count). The van der Waals surface area contributed by atoms with E-state index in [2.05, 4.69) is 15.5 Å². The van der Waals surface area contributed by atoms with Crippen molar-refractivity contribution in [3.63, 3.8) is 0 Å². The van der Waals surface area contributed by atoms with E-state index < -0.39 is 0 Å². The molecule has 0 aliphatic carbocycles. The van der Waals surface area contributed by atoms with Crippen molar-refractivity contribution in [3.8, 4) is 5.88 Å². The van der Waals surface area contributed by atoms with Gasteiger partial charge in [-0.15, -0.1) is 5.10 Å². The number of carbonyl (C=O) groups excluding carboxylic acids is 1. The molecule has 1 atom stereocenters. The van der Waals surface area contributed by atoms with Crippen LogP contribution < -0.4 is 10.1 Å².